The molecule has 108 heavy (non-hydrogen) atoms. The Morgan fingerprint density at radius 1 is 0.269 bits per heavy atom. The van der Waals surface area contributed by atoms with Crippen LogP contribution in [-0.4, -0.2) is 175 Å². The van der Waals surface area contributed by atoms with Gasteiger partial charge >= 0.3 is 0 Å². The minimum Gasteiger partial charge on any atom is -0.493 e. The van der Waals surface area contributed by atoms with Gasteiger partial charge in [0.15, 0.2) is 0 Å². The van der Waals surface area contributed by atoms with Crippen LogP contribution in [0.1, 0.15) is 77.0 Å². The maximum absolute atomic E-state index is 6.98. The first-order valence-electron chi connectivity index (χ1n) is 39.5. The first kappa shape index (κ1) is 73.4. The average molecular weight is 1440 g/mol. The van der Waals surface area contributed by atoms with Gasteiger partial charge in [0.25, 0.3) is 0 Å². The fourth-order valence-corrected chi connectivity index (χ4v) is 15.9. The van der Waals surface area contributed by atoms with Crippen LogP contribution in [0.5, 0.6) is 23.0 Å². The summed E-state index contributed by atoms with van der Waals surface area (Å²) in [6, 6.07) is 71.7. The van der Waals surface area contributed by atoms with Gasteiger partial charge in [0.2, 0.25) is 0 Å². The van der Waals surface area contributed by atoms with Gasteiger partial charge in [-0.25, -0.2) is 9.97 Å². The van der Waals surface area contributed by atoms with Crippen LogP contribution in [0.3, 0.4) is 0 Å². The largest absolute Gasteiger partial charge is 0.493 e. The molecule has 10 aromatic carbocycles. The number of nitrogens with zero attached hydrogens (tertiary/aromatic N) is 6. The molecular formula is C96H110N8O4+4. The molecule has 13 aromatic rings. The van der Waals surface area contributed by atoms with Crippen molar-refractivity contribution in [2.75, 3.05) is 137 Å². The summed E-state index contributed by atoms with van der Waals surface area (Å²) in [5.41, 5.74) is 15.1. The Kier molecular flexibility index (Phi) is 21.0. The lowest BCUT2D eigenvalue weighted by atomic mass is 9.93. The van der Waals surface area contributed by atoms with E-state index < -0.39 is 0 Å². The van der Waals surface area contributed by atoms with E-state index in [0.29, 0.717) is 26.4 Å². The van der Waals surface area contributed by atoms with E-state index in [2.05, 4.69) is 289 Å². The molecule has 2 aliphatic rings. The van der Waals surface area contributed by atoms with Crippen molar-refractivity contribution in [1.82, 2.24) is 19.9 Å². The van der Waals surface area contributed by atoms with Gasteiger partial charge in [0, 0.05) is 78.1 Å². The van der Waals surface area contributed by atoms with Crippen molar-refractivity contribution < 1.29 is 36.9 Å². The Balaban J connectivity index is 1.04. The van der Waals surface area contributed by atoms with Crippen LogP contribution in [0.25, 0.3) is 154 Å². The predicted octanol–water partition coefficient (Wildman–Crippen LogP) is 22.3. The second-order valence-corrected chi connectivity index (χ2v) is 34.6. The van der Waals surface area contributed by atoms with Crippen molar-refractivity contribution in [1.29, 1.82) is 0 Å². The average Bonchev–Trinajstić information content (AvgIpc) is 1.57. The van der Waals surface area contributed by atoms with Gasteiger partial charge in [0.1, 0.15) is 23.0 Å². The molecule has 2 aliphatic heterocycles. The molecule has 0 atom stereocenters. The van der Waals surface area contributed by atoms with Crippen LogP contribution in [0.4, 0.5) is 0 Å². The van der Waals surface area contributed by atoms with Crippen molar-refractivity contribution in [2.24, 2.45) is 0 Å². The molecule has 0 amide bonds. The number of aromatic nitrogens is 4. The van der Waals surface area contributed by atoms with Crippen LogP contribution in [0, 0.1) is 0 Å². The molecular weight excluding hydrogens is 1330 g/mol. The highest BCUT2D eigenvalue weighted by molar-refractivity contribution is 6.21. The van der Waals surface area contributed by atoms with Crippen LogP contribution in [-0.2, 0) is 0 Å². The van der Waals surface area contributed by atoms with E-state index in [9.17, 15) is 0 Å². The van der Waals surface area contributed by atoms with E-state index in [1.807, 2.05) is 0 Å². The van der Waals surface area contributed by atoms with E-state index >= 15 is 0 Å². The Labute approximate surface area is 638 Å². The van der Waals surface area contributed by atoms with Gasteiger partial charge in [-0.15, -0.1) is 0 Å². The number of unbranched alkanes of at least 4 members (excludes halogenated alkanes) is 8. The lowest BCUT2D eigenvalue weighted by Crippen LogP contribution is -2.35. The molecule has 3 aromatic heterocycles. The number of ether oxygens (including phenoxy) is 4. The van der Waals surface area contributed by atoms with E-state index in [1.165, 1.54) is 0 Å². The normalized spacial score (nSPS) is 12.6. The summed E-state index contributed by atoms with van der Waals surface area (Å²) in [6.07, 6.45) is 12.6. The van der Waals surface area contributed by atoms with Crippen molar-refractivity contribution in [3.8, 4) is 90.3 Å². The Morgan fingerprint density at radius 2 is 0.528 bits per heavy atom. The first-order valence-corrected chi connectivity index (χ1v) is 39.5. The number of fused-ring (bicyclic) bond motifs is 24. The summed E-state index contributed by atoms with van der Waals surface area (Å²) in [4.78, 5) is 20.8. The van der Waals surface area contributed by atoms with Gasteiger partial charge in [-0.3, -0.25) is 0 Å². The molecule has 8 bridgehead atoms. The number of quaternary nitrogens is 4. The minimum absolute atomic E-state index is 0.585. The molecule has 15 rings (SSSR count). The molecule has 0 spiro atoms. The lowest BCUT2D eigenvalue weighted by molar-refractivity contribution is -0.870. The van der Waals surface area contributed by atoms with Gasteiger partial charge in [-0.05, 0) is 216 Å². The smallest absolute Gasteiger partial charge is 0.123 e. The third-order valence-corrected chi connectivity index (χ3v) is 21.5. The zero-order valence-corrected chi connectivity index (χ0v) is 65.9. The number of benzene rings is 10. The highest BCUT2D eigenvalue weighted by Gasteiger charge is 2.29. The quantitative estimate of drug-likeness (QED) is 0.0344. The zero-order valence-electron chi connectivity index (χ0n) is 65.9. The molecule has 5 heterocycles. The van der Waals surface area contributed by atoms with E-state index in [4.69, 9.17) is 28.9 Å². The van der Waals surface area contributed by atoms with Crippen LogP contribution in [0.15, 0.2) is 194 Å². The molecule has 0 saturated heterocycles. The number of rotatable bonds is 30. The summed E-state index contributed by atoms with van der Waals surface area (Å²) in [7, 11) is 27.2. The Bertz CT molecular complexity index is 5240. The second kappa shape index (κ2) is 30.9. The summed E-state index contributed by atoms with van der Waals surface area (Å²) >= 11 is 0. The molecule has 2 N–H and O–H groups in total. The Hall–Kier alpha value is -10.1. The number of hydrogen-bond donors (Lipinski definition) is 2. The van der Waals surface area contributed by atoms with Crippen molar-refractivity contribution in [3.05, 3.63) is 194 Å². The molecule has 12 heteroatoms. The first-order chi connectivity index (χ1) is 52.0. The van der Waals surface area contributed by atoms with Gasteiger partial charge in [-0.1, -0.05) is 97.1 Å². The number of nitrogens with one attached hydrogen (secondary N) is 2. The van der Waals surface area contributed by atoms with Crippen molar-refractivity contribution in [2.45, 2.75) is 77.0 Å². The molecule has 554 valence electrons. The summed E-state index contributed by atoms with van der Waals surface area (Å²) in [6.45, 7) is 6.78. The molecule has 12 nitrogen and oxygen atoms in total. The third kappa shape index (κ3) is 16.9. The number of hydrogen-bond acceptors (Lipinski definition) is 6. The summed E-state index contributed by atoms with van der Waals surface area (Å²) in [5.74, 6) is 3.07. The fraction of sp³-hybridized carbons (Fsp3) is 0.333. The van der Waals surface area contributed by atoms with Gasteiger partial charge in [0.05, 0.1) is 171 Å². The number of aromatic amines is 2. The molecule has 0 aliphatic carbocycles. The van der Waals surface area contributed by atoms with E-state index in [-0.39, 0.29) is 0 Å². The minimum atomic E-state index is 0.585. The molecule has 0 unspecified atom stereocenters. The monoisotopic (exact) mass is 1440 g/mol. The maximum Gasteiger partial charge on any atom is 0.123 e. The van der Waals surface area contributed by atoms with Crippen LogP contribution >= 0.6 is 0 Å². The van der Waals surface area contributed by atoms with Crippen molar-refractivity contribution >= 4 is 86.7 Å². The molecule has 0 radical (unpaired) electrons. The number of H-pyrrole nitrogens is 2. The second-order valence-electron chi connectivity index (χ2n) is 34.6. The van der Waals surface area contributed by atoms with Crippen LogP contribution in [0.2, 0.25) is 0 Å². The van der Waals surface area contributed by atoms with Crippen molar-refractivity contribution in [3.63, 3.8) is 0 Å². The molecule has 0 fully saturated rings. The SMILES string of the molecule is C[N+](C)(C)CCCCCOc1cc(OCCCCC[N+](C)(C)C)cc(-c2c3nc(cc4[nH]c(c(-c5cc(OCCCCC[N+](C)(C)C)cc(OCCCCC[N+](C)(C)C)c5)c5nc(cc6[nH]c2c2cc7ccccc7cc62)-c2cc6ccccc6cc2-5)c2cc5ccccc5cc42)-c2cc4ccccc4cc2-3)c1. The highest BCUT2D eigenvalue weighted by atomic mass is 16.5. The highest BCUT2D eigenvalue weighted by Crippen LogP contribution is 2.51. The van der Waals surface area contributed by atoms with E-state index in [1.54, 1.807) is 0 Å². The fourth-order valence-electron chi connectivity index (χ4n) is 15.9. The van der Waals surface area contributed by atoms with Gasteiger partial charge in [-0.2, -0.15) is 0 Å². The molecule has 0 saturated carbocycles. The zero-order chi connectivity index (χ0) is 74.9. The van der Waals surface area contributed by atoms with Crippen LogP contribution < -0.4 is 18.9 Å². The topological polar surface area (TPSA) is 94.3 Å². The summed E-state index contributed by atoms with van der Waals surface area (Å²) < 4.78 is 31.7. The standard InChI is InChI=1S/C96H110N8O4/c1-101(2,3)41-25-13-29-45-105-75-49-73(50-76(61-75)106-46-30-14-26-42-102(4,5)6)91-93-83-57-69-37-21-17-33-65(69)53-79(83)87(97-93)63-89-81-55-67-35-19-23-39-71(67)59-85(81)95(99-89)92(74-51-77(107-47-31-15-27-43-103(7,8)9)62-78(52-74)108-48-32-16-28-44-104(10,11)12)96-86-60-72-40-24-20-36-68(72)56-82(86)90(100-96)64-88-80-54-66-34-18-22-38-70(66)58-84(80)94(91)98-88/h17-24,33-40,49-64,97,100H,13-16,25-32,41-48H2,1-12H3/q+4. The Morgan fingerprint density at radius 3 is 0.806 bits per heavy atom. The van der Waals surface area contributed by atoms with E-state index in [0.717, 1.165) is 298 Å². The predicted molar refractivity (Wildman–Crippen MR) is 455 cm³/mol. The maximum atomic E-state index is 6.98. The van der Waals surface area contributed by atoms with Gasteiger partial charge < -0.3 is 46.8 Å². The third-order valence-electron chi connectivity index (χ3n) is 21.5. The summed E-state index contributed by atoms with van der Waals surface area (Å²) in [5, 5.41) is 13.4. The lowest BCUT2D eigenvalue weighted by Gasteiger charge is -2.23.